The number of rotatable bonds is 6. The van der Waals surface area contributed by atoms with E-state index in [1.54, 1.807) is 13.0 Å². The zero-order chi connectivity index (χ0) is 20.2. The van der Waals surface area contributed by atoms with Crippen LogP contribution in [0.4, 0.5) is 5.69 Å². The Labute approximate surface area is 176 Å². The van der Waals surface area contributed by atoms with E-state index in [1.165, 1.54) is 12.1 Å². The highest BCUT2D eigenvalue weighted by Crippen LogP contribution is 2.33. The number of halogens is 3. The van der Waals surface area contributed by atoms with Crippen LogP contribution in [0.3, 0.4) is 0 Å². The third-order valence-electron chi connectivity index (χ3n) is 3.48. The number of anilines is 1. The van der Waals surface area contributed by atoms with Gasteiger partial charge in [-0.2, -0.15) is 5.10 Å². The minimum atomic E-state index is -3.77. The molecule has 0 atom stereocenters. The molecule has 0 aliphatic heterocycles. The second-order valence-electron chi connectivity index (χ2n) is 5.59. The molecule has 144 valence electrons. The maximum absolute atomic E-state index is 12.3. The molecule has 6 nitrogen and oxygen atoms in total. The normalized spacial score (nSPS) is 12.0. The molecule has 2 aromatic rings. The van der Waals surface area contributed by atoms with Gasteiger partial charge in [0.25, 0.3) is 5.91 Å². The Morgan fingerprint density at radius 3 is 2.52 bits per heavy atom. The highest BCUT2D eigenvalue weighted by molar-refractivity contribution is 9.10. The quantitative estimate of drug-likeness (QED) is 0.487. The van der Waals surface area contributed by atoms with Crippen LogP contribution in [0.15, 0.2) is 52.0 Å². The minimum Gasteiger partial charge on any atom is -0.271 e. The van der Waals surface area contributed by atoms with Crippen molar-refractivity contribution >= 4 is 66.5 Å². The summed E-state index contributed by atoms with van der Waals surface area (Å²) in [5.41, 5.74) is 3.85. The molecule has 10 heteroatoms. The lowest BCUT2D eigenvalue weighted by molar-refractivity contribution is -0.119. The summed E-state index contributed by atoms with van der Waals surface area (Å²) in [6.07, 6.45) is 0.980. The van der Waals surface area contributed by atoms with E-state index in [1.807, 2.05) is 24.3 Å². The molecule has 0 saturated heterocycles. The molecule has 0 aliphatic rings. The Morgan fingerprint density at radius 2 is 1.89 bits per heavy atom. The molecule has 2 rings (SSSR count). The average molecular weight is 493 g/mol. The zero-order valence-electron chi connectivity index (χ0n) is 14.4. The molecule has 0 unspecified atom stereocenters. The SMILES string of the molecule is C/C(=N\NC(=O)CN(c1cccc(Cl)c1Cl)S(C)(=O)=O)c1cccc(Br)c1. The number of hydrazone groups is 1. The van der Waals surface area contributed by atoms with Crippen molar-refractivity contribution in [2.75, 3.05) is 17.1 Å². The van der Waals surface area contributed by atoms with E-state index in [-0.39, 0.29) is 15.7 Å². The number of hydrogen-bond donors (Lipinski definition) is 1. The smallest absolute Gasteiger partial charge is 0.260 e. The van der Waals surface area contributed by atoms with Gasteiger partial charge in [0, 0.05) is 4.47 Å². The predicted octanol–water partition coefficient (Wildman–Crippen LogP) is 4.06. The number of carbonyl (C=O) groups excluding carboxylic acids is 1. The van der Waals surface area contributed by atoms with Crippen LogP contribution >= 0.6 is 39.1 Å². The Kier molecular flexibility index (Phi) is 7.27. The number of carbonyl (C=O) groups is 1. The Hall–Kier alpha value is -1.61. The lowest BCUT2D eigenvalue weighted by Gasteiger charge is -2.22. The number of nitrogens with zero attached hydrogens (tertiary/aromatic N) is 2. The Bertz CT molecular complexity index is 997. The number of nitrogens with one attached hydrogen (secondary N) is 1. The van der Waals surface area contributed by atoms with Crippen LogP contribution in [0.1, 0.15) is 12.5 Å². The van der Waals surface area contributed by atoms with Crippen molar-refractivity contribution in [3.8, 4) is 0 Å². The fraction of sp³-hybridized carbons (Fsp3) is 0.176. The zero-order valence-corrected chi connectivity index (χ0v) is 18.3. The minimum absolute atomic E-state index is 0.0474. The molecule has 27 heavy (non-hydrogen) atoms. The van der Waals surface area contributed by atoms with E-state index in [0.717, 1.165) is 20.6 Å². The molecule has 0 fully saturated rings. The lowest BCUT2D eigenvalue weighted by atomic mass is 10.1. The Morgan fingerprint density at radius 1 is 1.22 bits per heavy atom. The van der Waals surface area contributed by atoms with Crippen molar-refractivity contribution in [1.29, 1.82) is 0 Å². The van der Waals surface area contributed by atoms with Crippen LogP contribution in [-0.2, 0) is 14.8 Å². The van der Waals surface area contributed by atoms with Crippen molar-refractivity contribution in [2.45, 2.75) is 6.92 Å². The van der Waals surface area contributed by atoms with E-state index in [2.05, 4.69) is 26.5 Å². The van der Waals surface area contributed by atoms with Gasteiger partial charge in [-0.3, -0.25) is 9.10 Å². The van der Waals surface area contributed by atoms with E-state index in [4.69, 9.17) is 23.2 Å². The molecule has 1 amide bonds. The molecule has 0 saturated carbocycles. The molecule has 2 aromatic carbocycles. The van der Waals surface area contributed by atoms with Crippen molar-refractivity contribution < 1.29 is 13.2 Å². The van der Waals surface area contributed by atoms with Crippen molar-refractivity contribution in [3.63, 3.8) is 0 Å². The molecular weight excluding hydrogens is 477 g/mol. The maximum atomic E-state index is 12.3. The molecule has 0 aliphatic carbocycles. The summed E-state index contributed by atoms with van der Waals surface area (Å²) in [6.45, 7) is 1.23. The van der Waals surface area contributed by atoms with Crippen LogP contribution in [0.5, 0.6) is 0 Å². The van der Waals surface area contributed by atoms with E-state index < -0.39 is 22.5 Å². The van der Waals surface area contributed by atoms with E-state index in [9.17, 15) is 13.2 Å². The fourth-order valence-corrected chi connectivity index (χ4v) is 3.86. The van der Waals surface area contributed by atoms with Crippen LogP contribution in [-0.4, -0.2) is 32.8 Å². The standard InChI is InChI=1S/C17H16BrCl2N3O3S/c1-11(12-5-3-6-13(18)9-12)21-22-16(24)10-23(27(2,25)26)15-8-4-7-14(19)17(15)20/h3-9H,10H2,1-2H3,(H,22,24)/b21-11+. The first-order valence-electron chi connectivity index (χ1n) is 7.60. The molecule has 1 N–H and O–H groups in total. The highest BCUT2D eigenvalue weighted by Gasteiger charge is 2.23. The summed E-state index contributed by atoms with van der Waals surface area (Å²) in [5.74, 6) is -0.620. The van der Waals surface area contributed by atoms with Crippen LogP contribution in [0.2, 0.25) is 10.0 Å². The first-order chi connectivity index (χ1) is 12.6. The average Bonchev–Trinajstić information content (AvgIpc) is 2.59. The van der Waals surface area contributed by atoms with E-state index in [0.29, 0.717) is 5.71 Å². The van der Waals surface area contributed by atoms with Gasteiger partial charge in [0.05, 0.1) is 27.7 Å². The Balaban J connectivity index is 2.20. The summed E-state index contributed by atoms with van der Waals surface area (Å²) < 4.78 is 26.0. The third-order valence-corrected chi connectivity index (χ3v) is 5.91. The largest absolute Gasteiger partial charge is 0.271 e. The summed E-state index contributed by atoms with van der Waals surface area (Å²) >= 11 is 15.4. The van der Waals surface area contributed by atoms with Gasteiger partial charge in [0.15, 0.2) is 0 Å². The second-order valence-corrected chi connectivity index (χ2v) is 9.19. The van der Waals surface area contributed by atoms with Crippen molar-refractivity contribution in [3.05, 3.63) is 62.5 Å². The summed E-state index contributed by atoms with van der Waals surface area (Å²) in [7, 11) is -3.77. The molecule has 0 spiro atoms. The van der Waals surface area contributed by atoms with Gasteiger partial charge in [-0.25, -0.2) is 13.8 Å². The van der Waals surface area contributed by atoms with Crippen molar-refractivity contribution in [2.24, 2.45) is 5.10 Å². The van der Waals surface area contributed by atoms with Crippen molar-refractivity contribution in [1.82, 2.24) is 5.43 Å². The van der Waals surface area contributed by atoms with Gasteiger partial charge in [-0.15, -0.1) is 0 Å². The van der Waals surface area contributed by atoms with Crippen LogP contribution < -0.4 is 9.73 Å². The molecule has 0 bridgehead atoms. The first-order valence-corrected chi connectivity index (χ1v) is 11.0. The van der Waals surface area contributed by atoms with Gasteiger partial charge in [-0.05, 0) is 36.8 Å². The number of hydrogen-bond acceptors (Lipinski definition) is 4. The molecule has 0 heterocycles. The van der Waals surface area contributed by atoms with Crippen LogP contribution in [0.25, 0.3) is 0 Å². The monoisotopic (exact) mass is 491 g/mol. The molecule has 0 aromatic heterocycles. The van der Waals surface area contributed by atoms with E-state index >= 15 is 0 Å². The summed E-state index contributed by atoms with van der Waals surface area (Å²) in [5, 5.41) is 4.25. The number of benzene rings is 2. The first kappa shape index (κ1) is 21.7. The summed E-state index contributed by atoms with van der Waals surface area (Å²) in [6, 6.07) is 11.9. The number of amides is 1. The van der Waals surface area contributed by atoms with Gasteiger partial charge < -0.3 is 0 Å². The van der Waals surface area contributed by atoms with Crippen LogP contribution in [0, 0.1) is 0 Å². The second kappa shape index (κ2) is 9.05. The third kappa shape index (κ3) is 5.93. The summed E-state index contributed by atoms with van der Waals surface area (Å²) in [4.78, 5) is 12.3. The lowest BCUT2D eigenvalue weighted by Crippen LogP contribution is -2.39. The van der Waals surface area contributed by atoms with Gasteiger partial charge in [0.2, 0.25) is 10.0 Å². The number of sulfonamides is 1. The van der Waals surface area contributed by atoms with Gasteiger partial charge in [0.1, 0.15) is 6.54 Å². The van der Waals surface area contributed by atoms with Gasteiger partial charge >= 0.3 is 0 Å². The molecule has 0 radical (unpaired) electrons. The molecular formula is C17H16BrCl2N3O3S. The van der Waals surface area contributed by atoms with Gasteiger partial charge in [-0.1, -0.05) is 57.3 Å². The topological polar surface area (TPSA) is 78.8 Å². The predicted molar refractivity (Wildman–Crippen MR) is 113 cm³/mol. The fourth-order valence-electron chi connectivity index (χ4n) is 2.16. The maximum Gasteiger partial charge on any atom is 0.260 e. The highest BCUT2D eigenvalue weighted by atomic mass is 79.9.